The standard InChI is InChI=1S/C17H14BrClN2/c1-17(20,15-6-5-12(18)9-16(15)19)14-4-2-3-11-7-8-21-10-13(11)14/h2-10H,20H2,1H3. The predicted octanol–water partition coefficient (Wildman–Crippen LogP) is 4.87. The van der Waals surface area contributed by atoms with Crippen molar-refractivity contribution in [3.05, 3.63) is 75.5 Å². The zero-order chi connectivity index (χ0) is 15.0. The van der Waals surface area contributed by atoms with E-state index < -0.39 is 5.54 Å². The van der Waals surface area contributed by atoms with E-state index in [9.17, 15) is 0 Å². The largest absolute Gasteiger partial charge is 0.318 e. The van der Waals surface area contributed by atoms with Crippen LogP contribution in [0, 0.1) is 0 Å². The predicted molar refractivity (Wildman–Crippen MR) is 91.5 cm³/mol. The van der Waals surface area contributed by atoms with Gasteiger partial charge in [-0.1, -0.05) is 51.8 Å². The fraction of sp³-hybridized carbons (Fsp3) is 0.118. The Hall–Kier alpha value is -1.42. The third kappa shape index (κ3) is 2.57. The van der Waals surface area contributed by atoms with Crippen molar-refractivity contribution in [3.63, 3.8) is 0 Å². The number of nitrogens with zero attached hydrogens (tertiary/aromatic N) is 1. The summed E-state index contributed by atoms with van der Waals surface area (Å²) in [6.45, 7) is 1.98. The topological polar surface area (TPSA) is 38.9 Å². The van der Waals surface area contributed by atoms with E-state index in [4.69, 9.17) is 17.3 Å². The summed E-state index contributed by atoms with van der Waals surface area (Å²) in [7, 11) is 0. The monoisotopic (exact) mass is 360 g/mol. The molecule has 0 aliphatic carbocycles. The van der Waals surface area contributed by atoms with Crippen LogP contribution in [0.1, 0.15) is 18.1 Å². The van der Waals surface area contributed by atoms with Crippen LogP contribution >= 0.6 is 27.5 Å². The number of rotatable bonds is 2. The second-order valence-corrected chi connectivity index (χ2v) is 6.55. The highest BCUT2D eigenvalue weighted by Crippen LogP contribution is 2.36. The Morgan fingerprint density at radius 2 is 1.95 bits per heavy atom. The molecule has 0 saturated carbocycles. The molecule has 1 atom stereocenters. The van der Waals surface area contributed by atoms with E-state index in [2.05, 4.69) is 27.0 Å². The molecule has 0 aliphatic rings. The van der Waals surface area contributed by atoms with E-state index in [1.54, 1.807) is 6.20 Å². The lowest BCUT2D eigenvalue weighted by Gasteiger charge is -2.28. The molecular weight excluding hydrogens is 348 g/mol. The number of nitrogens with two attached hydrogens (primary N) is 1. The summed E-state index contributed by atoms with van der Waals surface area (Å²) in [4.78, 5) is 4.22. The lowest BCUT2D eigenvalue weighted by Crippen LogP contribution is -2.34. The van der Waals surface area contributed by atoms with Crippen molar-refractivity contribution < 1.29 is 0 Å². The molecule has 21 heavy (non-hydrogen) atoms. The van der Waals surface area contributed by atoms with Gasteiger partial charge < -0.3 is 5.73 Å². The third-order valence-corrected chi connectivity index (χ3v) is 4.54. The summed E-state index contributed by atoms with van der Waals surface area (Å²) < 4.78 is 0.937. The zero-order valence-corrected chi connectivity index (χ0v) is 13.8. The van der Waals surface area contributed by atoms with E-state index in [1.807, 2.05) is 49.5 Å². The van der Waals surface area contributed by atoms with E-state index in [-0.39, 0.29) is 0 Å². The Balaban J connectivity index is 2.25. The van der Waals surface area contributed by atoms with Gasteiger partial charge in [-0.2, -0.15) is 0 Å². The number of benzene rings is 2. The van der Waals surface area contributed by atoms with Crippen LogP contribution in [0.15, 0.2) is 59.3 Å². The lowest BCUT2D eigenvalue weighted by molar-refractivity contribution is 0.609. The van der Waals surface area contributed by atoms with Crippen molar-refractivity contribution in [2.75, 3.05) is 0 Å². The maximum absolute atomic E-state index is 6.65. The van der Waals surface area contributed by atoms with Gasteiger partial charge in [0.05, 0.1) is 5.54 Å². The molecule has 0 radical (unpaired) electrons. The molecule has 4 heteroatoms. The number of pyridine rings is 1. The van der Waals surface area contributed by atoms with Gasteiger partial charge >= 0.3 is 0 Å². The fourth-order valence-electron chi connectivity index (χ4n) is 2.62. The highest BCUT2D eigenvalue weighted by Gasteiger charge is 2.28. The fourth-order valence-corrected chi connectivity index (χ4v) is 3.49. The van der Waals surface area contributed by atoms with Crippen LogP contribution in [0.2, 0.25) is 5.02 Å². The van der Waals surface area contributed by atoms with Crippen LogP contribution in [0.5, 0.6) is 0 Å². The first-order valence-corrected chi connectivity index (χ1v) is 7.75. The Morgan fingerprint density at radius 1 is 1.14 bits per heavy atom. The van der Waals surface area contributed by atoms with Gasteiger partial charge in [-0.15, -0.1) is 0 Å². The van der Waals surface area contributed by atoms with E-state index in [0.29, 0.717) is 5.02 Å². The molecule has 0 bridgehead atoms. The van der Waals surface area contributed by atoms with Gasteiger partial charge in [-0.25, -0.2) is 0 Å². The number of fused-ring (bicyclic) bond motifs is 1. The smallest absolute Gasteiger partial charge is 0.0658 e. The quantitative estimate of drug-likeness (QED) is 0.707. The molecule has 2 aromatic carbocycles. The molecule has 1 unspecified atom stereocenters. The Kier molecular flexibility index (Phi) is 3.74. The van der Waals surface area contributed by atoms with Gasteiger partial charge in [0.25, 0.3) is 0 Å². The van der Waals surface area contributed by atoms with Crippen molar-refractivity contribution in [1.82, 2.24) is 4.98 Å². The molecule has 0 aliphatic heterocycles. The molecule has 0 saturated heterocycles. The Bertz CT molecular complexity index is 809. The van der Waals surface area contributed by atoms with Gasteiger partial charge in [0.1, 0.15) is 0 Å². The average molecular weight is 362 g/mol. The summed E-state index contributed by atoms with van der Waals surface area (Å²) in [5.74, 6) is 0. The van der Waals surface area contributed by atoms with E-state index >= 15 is 0 Å². The SMILES string of the molecule is CC(N)(c1ccc(Br)cc1Cl)c1cccc2ccncc12. The summed E-state index contributed by atoms with van der Waals surface area (Å²) in [6.07, 6.45) is 3.63. The van der Waals surface area contributed by atoms with Crippen molar-refractivity contribution in [1.29, 1.82) is 0 Å². The van der Waals surface area contributed by atoms with Gasteiger partial charge in [0, 0.05) is 27.3 Å². The van der Waals surface area contributed by atoms with Gasteiger partial charge in [-0.3, -0.25) is 4.98 Å². The van der Waals surface area contributed by atoms with Gasteiger partial charge in [-0.05, 0) is 41.6 Å². The van der Waals surface area contributed by atoms with E-state index in [1.165, 1.54) is 0 Å². The third-order valence-electron chi connectivity index (χ3n) is 3.73. The minimum absolute atomic E-state index is 0.648. The molecule has 1 aromatic heterocycles. The average Bonchev–Trinajstić information content (AvgIpc) is 2.46. The molecule has 1 heterocycles. The molecular formula is C17H14BrClN2. The first-order valence-electron chi connectivity index (χ1n) is 6.58. The maximum Gasteiger partial charge on any atom is 0.0658 e. The summed E-state index contributed by atoms with van der Waals surface area (Å²) >= 11 is 9.81. The minimum atomic E-state index is -0.694. The number of hydrogen-bond acceptors (Lipinski definition) is 2. The first kappa shape index (κ1) is 14.5. The Morgan fingerprint density at radius 3 is 2.71 bits per heavy atom. The molecule has 0 amide bonds. The van der Waals surface area contributed by atoms with Crippen LogP contribution in [-0.4, -0.2) is 4.98 Å². The van der Waals surface area contributed by atoms with Crippen molar-refractivity contribution in [3.8, 4) is 0 Å². The highest BCUT2D eigenvalue weighted by molar-refractivity contribution is 9.10. The Labute approximate surface area is 137 Å². The van der Waals surface area contributed by atoms with Crippen molar-refractivity contribution >= 4 is 38.3 Å². The van der Waals surface area contributed by atoms with Crippen LogP contribution in [0.3, 0.4) is 0 Å². The number of halogens is 2. The molecule has 2 nitrogen and oxygen atoms in total. The van der Waals surface area contributed by atoms with E-state index in [0.717, 1.165) is 26.4 Å². The molecule has 0 fully saturated rings. The van der Waals surface area contributed by atoms with Crippen LogP contribution in [0.4, 0.5) is 0 Å². The summed E-state index contributed by atoms with van der Waals surface area (Å²) in [6, 6.07) is 13.9. The number of aromatic nitrogens is 1. The summed E-state index contributed by atoms with van der Waals surface area (Å²) in [5, 5.41) is 2.81. The molecule has 3 aromatic rings. The second-order valence-electron chi connectivity index (χ2n) is 5.23. The zero-order valence-electron chi connectivity index (χ0n) is 11.5. The number of hydrogen-bond donors (Lipinski definition) is 1. The van der Waals surface area contributed by atoms with Crippen LogP contribution in [-0.2, 0) is 5.54 Å². The van der Waals surface area contributed by atoms with Crippen molar-refractivity contribution in [2.24, 2.45) is 5.73 Å². The lowest BCUT2D eigenvalue weighted by atomic mass is 9.83. The minimum Gasteiger partial charge on any atom is -0.318 e. The van der Waals surface area contributed by atoms with Crippen LogP contribution in [0.25, 0.3) is 10.8 Å². The van der Waals surface area contributed by atoms with Gasteiger partial charge in [0.2, 0.25) is 0 Å². The molecule has 2 N–H and O–H groups in total. The normalized spacial score (nSPS) is 14.1. The second kappa shape index (κ2) is 5.41. The van der Waals surface area contributed by atoms with Crippen molar-refractivity contribution in [2.45, 2.75) is 12.5 Å². The first-order chi connectivity index (χ1) is 10.00. The molecule has 3 rings (SSSR count). The highest BCUT2D eigenvalue weighted by atomic mass is 79.9. The summed E-state index contributed by atoms with van der Waals surface area (Å²) in [5.41, 5.74) is 7.86. The molecule has 0 spiro atoms. The molecule has 106 valence electrons. The van der Waals surface area contributed by atoms with Crippen LogP contribution < -0.4 is 5.73 Å². The maximum atomic E-state index is 6.65. The van der Waals surface area contributed by atoms with Gasteiger partial charge in [0.15, 0.2) is 0 Å².